The Hall–Kier alpha value is -1.36. The summed E-state index contributed by atoms with van der Waals surface area (Å²) in [5.41, 5.74) is 8.24. The minimum atomic E-state index is -0.495. The number of H-pyrrole nitrogens is 1. The molecule has 0 aliphatic carbocycles. The molecule has 17 heavy (non-hydrogen) atoms. The third-order valence-corrected chi connectivity index (χ3v) is 2.91. The summed E-state index contributed by atoms with van der Waals surface area (Å²) in [4.78, 5) is 7.45. The molecule has 1 heterocycles. The van der Waals surface area contributed by atoms with E-state index in [1.165, 1.54) is 0 Å². The van der Waals surface area contributed by atoms with E-state index in [0.717, 1.165) is 17.0 Å². The predicted molar refractivity (Wildman–Crippen MR) is 67.8 cm³/mol. The molecule has 5 heteroatoms. The number of aryl methyl sites for hydroxylation is 1. The number of aromatic nitrogens is 2. The first kappa shape index (κ1) is 12.1. The summed E-state index contributed by atoms with van der Waals surface area (Å²) in [6.07, 6.45) is 0. The Bertz CT molecular complexity index is 524. The van der Waals surface area contributed by atoms with Gasteiger partial charge >= 0.3 is 0 Å². The van der Waals surface area contributed by atoms with E-state index in [0.29, 0.717) is 10.8 Å². The zero-order chi connectivity index (χ0) is 12.4. The van der Waals surface area contributed by atoms with Crippen LogP contribution in [0.5, 0.6) is 0 Å². The second-order valence-corrected chi connectivity index (χ2v) is 4.27. The summed E-state index contributed by atoms with van der Waals surface area (Å²) in [7, 11) is 0. The zero-order valence-electron chi connectivity index (χ0n) is 9.44. The molecular formula is C12H14ClN3O. The molecule has 0 spiro atoms. The normalized spacial score (nSPS) is 12.7. The van der Waals surface area contributed by atoms with Gasteiger partial charge in [-0.2, -0.15) is 0 Å². The van der Waals surface area contributed by atoms with E-state index in [2.05, 4.69) is 9.97 Å². The van der Waals surface area contributed by atoms with Gasteiger partial charge in [-0.3, -0.25) is 0 Å². The lowest BCUT2D eigenvalue weighted by Crippen LogP contribution is -2.16. The second kappa shape index (κ2) is 4.87. The van der Waals surface area contributed by atoms with Crippen LogP contribution in [0.15, 0.2) is 24.3 Å². The number of hydrogen-bond donors (Lipinski definition) is 3. The van der Waals surface area contributed by atoms with Crippen LogP contribution in [0.2, 0.25) is 5.02 Å². The minimum Gasteiger partial charge on any atom is -0.394 e. The molecule has 2 aromatic rings. The number of nitrogens with zero attached hydrogens (tertiary/aromatic N) is 1. The van der Waals surface area contributed by atoms with E-state index < -0.39 is 6.04 Å². The van der Waals surface area contributed by atoms with Gasteiger partial charge in [0, 0.05) is 11.3 Å². The fourth-order valence-electron chi connectivity index (χ4n) is 1.66. The molecule has 0 bridgehead atoms. The number of nitrogens with one attached hydrogen (secondary N) is 1. The third kappa shape index (κ3) is 2.34. The Morgan fingerprint density at radius 2 is 2.18 bits per heavy atom. The molecule has 0 saturated carbocycles. The summed E-state index contributed by atoms with van der Waals surface area (Å²) < 4.78 is 0. The van der Waals surface area contributed by atoms with Crippen LogP contribution in [0.4, 0.5) is 0 Å². The number of aromatic amines is 1. The van der Waals surface area contributed by atoms with Crippen LogP contribution in [0.1, 0.15) is 17.6 Å². The molecule has 4 nitrogen and oxygen atoms in total. The standard InChI is InChI=1S/C12H14ClN3O/c1-7-11(8-4-2-3-5-9(8)13)16-12(15-7)10(14)6-17/h2-5,10,17H,6,14H2,1H3,(H,15,16). The average molecular weight is 252 g/mol. The highest BCUT2D eigenvalue weighted by atomic mass is 35.5. The fraction of sp³-hybridized carbons (Fsp3) is 0.250. The van der Waals surface area contributed by atoms with E-state index in [9.17, 15) is 0 Å². The van der Waals surface area contributed by atoms with Crippen LogP contribution >= 0.6 is 11.6 Å². The highest BCUT2D eigenvalue weighted by molar-refractivity contribution is 6.33. The van der Waals surface area contributed by atoms with Crippen LogP contribution in [0.25, 0.3) is 11.3 Å². The highest BCUT2D eigenvalue weighted by Crippen LogP contribution is 2.29. The molecule has 0 fully saturated rings. The van der Waals surface area contributed by atoms with E-state index in [-0.39, 0.29) is 6.61 Å². The van der Waals surface area contributed by atoms with Gasteiger partial charge in [0.05, 0.1) is 23.4 Å². The van der Waals surface area contributed by atoms with Gasteiger partial charge in [-0.25, -0.2) is 4.98 Å². The Labute approximate surface area is 104 Å². The van der Waals surface area contributed by atoms with Gasteiger partial charge in [0.15, 0.2) is 0 Å². The van der Waals surface area contributed by atoms with Crippen molar-refractivity contribution in [3.05, 3.63) is 40.8 Å². The summed E-state index contributed by atoms with van der Waals surface area (Å²) in [5.74, 6) is 0.569. The summed E-state index contributed by atoms with van der Waals surface area (Å²) in [6.45, 7) is 1.76. The molecule has 1 aromatic carbocycles. The van der Waals surface area contributed by atoms with Crippen molar-refractivity contribution >= 4 is 11.6 Å². The lowest BCUT2D eigenvalue weighted by Gasteiger charge is -2.02. The number of benzene rings is 1. The van der Waals surface area contributed by atoms with Crippen molar-refractivity contribution in [3.63, 3.8) is 0 Å². The van der Waals surface area contributed by atoms with E-state index in [1.807, 2.05) is 31.2 Å². The van der Waals surface area contributed by atoms with Crippen molar-refractivity contribution in [1.82, 2.24) is 9.97 Å². The topological polar surface area (TPSA) is 74.9 Å². The molecule has 0 radical (unpaired) electrons. The first-order valence-corrected chi connectivity index (χ1v) is 5.69. The van der Waals surface area contributed by atoms with Crippen LogP contribution in [-0.2, 0) is 0 Å². The van der Waals surface area contributed by atoms with Gasteiger partial charge in [-0.05, 0) is 13.0 Å². The van der Waals surface area contributed by atoms with Gasteiger partial charge < -0.3 is 15.8 Å². The van der Waals surface area contributed by atoms with Gasteiger partial charge in [-0.1, -0.05) is 29.8 Å². The highest BCUT2D eigenvalue weighted by Gasteiger charge is 2.15. The molecule has 0 aliphatic heterocycles. The molecule has 1 atom stereocenters. The van der Waals surface area contributed by atoms with Crippen molar-refractivity contribution in [3.8, 4) is 11.3 Å². The predicted octanol–water partition coefficient (Wildman–Crippen LogP) is 2.03. The monoisotopic (exact) mass is 251 g/mol. The Kier molecular flexibility index (Phi) is 3.47. The number of nitrogens with two attached hydrogens (primary N) is 1. The zero-order valence-corrected chi connectivity index (χ0v) is 10.2. The maximum Gasteiger partial charge on any atom is 0.126 e. The minimum absolute atomic E-state index is 0.144. The van der Waals surface area contributed by atoms with E-state index in [4.69, 9.17) is 22.4 Å². The van der Waals surface area contributed by atoms with E-state index >= 15 is 0 Å². The van der Waals surface area contributed by atoms with Crippen LogP contribution in [0.3, 0.4) is 0 Å². The maximum atomic E-state index is 9.00. The molecule has 0 saturated heterocycles. The summed E-state index contributed by atoms with van der Waals surface area (Å²) >= 11 is 6.12. The number of aliphatic hydroxyl groups is 1. The number of aliphatic hydroxyl groups excluding tert-OH is 1. The van der Waals surface area contributed by atoms with E-state index in [1.54, 1.807) is 0 Å². The van der Waals surface area contributed by atoms with Gasteiger partial charge in [0.2, 0.25) is 0 Å². The number of imidazole rings is 1. The fourth-order valence-corrected chi connectivity index (χ4v) is 1.89. The third-order valence-electron chi connectivity index (χ3n) is 2.58. The summed E-state index contributed by atoms with van der Waals surface area (Å²) in [6, 6.07) is 7.00. The van der Waals surface area contributed by atoms with Crippen molar-refractivity contribution in [2.75, 3.05) is 6.61 Å². The molecule has 0 amide bonds. The lowest BCUT2D eigenvalue weighted by molar-refractivity contribution is 0.264. The van der Waals surface area contributed by atoms with Gasteiger partial charge in [-0.15, -0.1) is 0 Å². The largest absolute Gasteiger partial charge is 0.394 e. The SMILES string of the molecule is Cc1[nH]c(C(N)CO)nc1-c1ccccc1Cl. The molecule has 1 unspecified atom stereocenters. The van der Waals surface area contributed by atoms with Crippen molar-refractivity contribution < 1.29 is 5.11 Å². The molecule has 90 valence electrons. The van der Waals surface area contributed by atoms with Crippen molar-refractivity contribution in [1.29, 1.82) is 0 Å². The Morgan fingerprint density at radius 1 is 1.47 bits per heavy atom. The second-order valence-electron chi connectivity index (χ2n) is 3.86. The van der Waals surface area contributed by atoms with Gasteiger partial charge in [0.25, 0.3) is 0 Å². The molecular weight excluding hydrogens is 238 g/mol. The van der Waals surface area contributed by atoms with Crippen molar-refractivity contribution in [2.45, 2.75) is 13.0 Å². The maximum absolute atomic E-state index is 9.00. The molecule has 0 aliphatic rings. The Balaban J connectivity index is 2.47. The smallest absolute Gasteiger partial charge is 0.126 e. The van der Waals surface area contributed by atoms with Crippen LogP contribution in [0, 0.1) is 6.92 Å². The first-order valence-electron chi connectivity index (χ1n) is 5.31. The van der Waals surface area contributed by atoms with Crippen LogP contribution in [-0.4, -0.2) is 21.7 Å². The number of halogens is 1. The van der Waals surface area contributed by atoms with Crippen LogP contribution < -0.4 is 5.73 Å². The molecule has 2 rings (SSSR count). The quantitative estimate of drug-likeness (QED) is 0.781. The van der Waals surface area contributed by atoms with Crippen molar-refractivity contribution in [2.24, 2.45) is 5.73 Å². The first-order chi connectivity index (χ1) is 8.13. The average Bonchev–Trinajstić information content (AvgIpc) is 2.71. The molecule has 4 N–H and O–H groups in total. The lowest BCUT2D eigenvalue weighted by atomic mass is 10.1. The Morgan fingerprint density at radius 3 is 2.82 bits per heavy atom. The van der Waals surface area contributed by atoms with Gasteiger partial charge in [0.1, 0.15) is 5.82 Å². The summed E-state index contributed by atoms with van der Waals surface area (Å²) in [5, 5.41) is 9.65. The molecule has 1 aromatic heterocycles. The number of rotatable bonds is 3. The number of hydrogen-bond acceptors (Lipinski definition) is 3.